The van der Waals surface area contributed by atoms with E-state index in [1.165, 1.54) is 11.1 Å². The molecule has 1 saturated heterocycles. The molecule has 0 saturated carbocycles. The topological polar surface area (TPSA) is 62.3 Å². The summed E-state index contributed by atoms with van der Waals surface area (Å²) in [7, 11) is 0. The Hall–Kier alpha value is -3.47. The Balaban J connectivity index is 1.61. The summed E-state index contributed by atoms with van der Waals surface area (Å²) < 4.78 is 0. The second-order valence-electron chi connectivity index (χ2n) is 8.21. The molecule has 0 bridgehead atoms. The lowest BCUT2D eigenvalue weighted by Gasteiger charge is -2.24. The van der Waals surface area contributed by atoms with Crippen LogP contribution in [0.15, 0.2) is 67.0 Å². The second-order valence-corrected chi connectivity index (χ2v) is 8.21. The maximum Gasteiger partial charge on any atom is 0.254 e. The van der Waals surface area contributed by atoms with Crippen LogP contribution in [-0.4, -0.2) is 41.3 Å². The molecule has 1 atom stereocenters. The Bertz CT molecular complexity index is 1070. The van der Waals surface area contributed by atoms with Gasteiger partial charge in [-0.2, -0.15) is 0 Å². The van der Waals surface area contributed by atoms with E-state index < -0.39 is 0 Å². The highest BCUT2D eigenvalue weighted by Crippen LogP contribution is 2.28. The van der Waals surface area contributed by atoms with Crippen molar-refractivity contribution in [1.82, 2.24) is 15.2 Å². The minimum Gasteiger partial charge on any atom is -0.354 e. The zero-order valence-corrected chi connectivity index (χ0v) is 18.0. The van der Waals surface area contributed by atoms with Crippen molar-refractivity contribution in [3.05, 3.63) is 89.2 Å². The first-order valence-corrected chi connectivity index (χ1v) is 10.6. The highest BCUT2D eigenvalue weighted by Gasteiger charge is 2.29. The molecule has 158 valence electrons. The molecule has 5 heteroatoms. The number of hydrogen-bond acceptors (Lipinski definition) is 3. The number of nitrogens with zero attached hydrogens (tertiary/aromatic N) is 2. The Morgan fingerprint density at radius 3 is 2.52 bits per heavy atom. The van der Waals surface area contributed by atoms with Crippen LogP contribution in [0.5, 0.6) is 0 Å². The predicted molar refractivity (Wildman–Crippen MR) is 122 cm³/mol. The molecule has 1 aliphatic rings. The van der Waals surface area contributed by atoms with E-state index in [4.69, 9.17) is 0 Å². The van der Waals surface area contributed by atoms with Gasteiger partial charge in [-0.15, -0.1) is 0 Å². The van der Waals surface area contributed by atoms with Crippen LogP contribution in [0, 0.1) is 19.8 Å². The van der Waals surface area contributed by atoms with Crippen LogP contribution in [0.2, 0.25) is 0 Å². The largest absolute Gasteiger partial charge is 0.354 e. The average Bonchev–Trinajstić information content (AvgIpc) is 2.95. The zero-order chi connectivity index (χ0) is 21.8. The number of hydrogen-bond donors (Lipinski definition) is 1. The highest BCUT2D eigenvalue weighted by molar-refractivity contribution is 5.94. The molecule has 0 radical (unpaired) electrons. The van der Waals surface area contributed by atoms with Gasteiger partial charge in [-0.3, -0.25) is 14.6 Å². The van der Waals surface area contributed by atoms with E-state index >= 15 is 0 Å². The molecular formula is C26H27N3O2. The van der Waals surface area contributed by atoms with E-state index in [1.54, 1.807) is 29.4 Å². The molecule has 2 aromatic carbocycles. The summed E-state index contributed by atoms with van der Waals surface area (Å²) in [5, 5.41) is 2.98. The SMILES string of the molecule is Cc1cc(C)cc(-c2ccccc2C[C@@H]2CN(C(=O)c3ccncc3)CCNC2=O)c1. The van der Waals surface area contributed by atoms with Gasteiger partial charge in [0.15, 0.2) is 0 Å². The van der Waals surface area contributed by atoms with E-state index in [0.29, 0.717) is 31.6 Å². The Morgan fingerprint density at radius 1 is 1.06 bits per heavy atom. The molecular weight excluding hydrogens is 386 g/mol. The first-order valence-electron chi connectivity index (χ1n) is 10.6. The standard InChI is InChI=1S/C26H27N3O2/c1-18-13-19(2)15-22(14-18)24-6-4-3-5-21(24)16-23-17-29(12-11-28-25(23)30)26(31)20-7-9-27-10-8-20/h3-10,13-15,23H,11-12,16-17H2,1-2H3,(H,28,30)/t23-/m1/s1. The fourth-order valence-electron chi connectivity index (χ4n) is 4.29. The van der Waals surface area contributed by atoms with E-state index in [1.807, 2.05) is 12.1 Å². The lowest BCUT2D eigenvalue weighted by atomic mass is 9.90. The maximum atomic E-state index is 13.0. The van der Waals surface area contributed by atoms with Crippen LogP contribution >= 0.6 is 0 Å². The predicted octanol–water partition coefficient (Wildman–Crippen LogP) is 3.80. The normalized spacial score (nSPS) is 16.5. The lowest BCUT2D eigenvalue weighted by molar-refractivity contribution is -0.124. The summed E-state index contributed by atoms with van der Waals surface area (Å²) in [5.74, 6) is -0.368. The zero-order valence-electron chi connectivity index (χ0n) is 18.0. The van der Waals surface area contributed by atoms with Crippen molar-refractivity contribution in [3.63, 3.8) is 0 Å². The number of rotatable bonds is 4. The number of nitrogens with one attached hydrogen (secondary N) is 1. The minimum absolute atomic E-state index is 0.000235. The molecule has 1 fully saturated rings. The van der Waals surface area contributed by atoms with Crippen LogP contribution in [-0.2, 0) is 11.2 Å². The summed E-state index contributed by atoms with van der Waals surface area (Å²) >= 11 is 0. The molecule has 31 heavy (non-hydrogen) atoms. The van der Waals surface area contributed by atoms with Crippen molar-refractivity contribution < 1.29 is 9.59 Å². The smallest absolute Gasteiger partial charge is 0.254 e. The first kappa shape index (κ1) is 20.8. The summed E-state index contributed by atoms with van der Waals surface area (Å²) in [5.41, 5.74) is 6.44. The van der Waals surface area contributed by atoms with Crippen LogP contribution in [0.3, 0.4) is 0 Å². The van der Waals surface area contributed by atoms with Crippen molar-refractivity contribution in [2.75, 3.05) is 19.6 Å². The van der Waals surface area contributed by atoms with Gasteiger partial charge in [-0.1, -0.05) is 53.6 Å². The summed E-state index contributed by atoms with van der Waals surface area (Å²) in [6.45, 7) is 5.56. The fourth-order valence-corrected chi connectivity index (χ4v) is 4.29. The van der Waals surface area contributed by atoms with Gasteiger partial charge in [-0.05, 0) is 49.1 Å². The van der Waals surface area contributed by atoms with Gasteiger partial charge < -0.3 is 10.2 Å². The summed E-state index contributed by atoms with van der Waals surface area (Å²) in [6, 6.07) is 18.2. The second kappa shape index (κ2) is 9.13. The van der Waals surface area contributed by atoms with Gasteiger partial charge in [0.1, 0.15) is 0 Å². The molecule has 2 heterocycles. The Morgan fingerprint density at radius 2 is 1.77 bits per heavy atom. The minimum atomic E-state index is -0.305. The third-order valence-corrected chi connectivity index (χ3v) is 5.72. The lowest BCUT2D eigenvalue weighted by Crippen LogP contribution is -2.37. The van der Waals surface area contributed by atoms with E-state index in [9.17, 15) is 9.59 Å². The molecule has 5 nitrogen and oxygen atoms in total. The summed E-state index contributed by atoms with van der Waals surface area (Å²) in [4.78, 5) is 31.6. The van der Waals surface area contributed by atoms with Gasteiger partial charge in [0.05, 0.1) is 5.92 Å². The summed E-state index contributed by atoms with van der Waals surface area (Å²) in [6.07, 6.45) is 3.81. The molecule has 0 aliphatic carbocycles. The monoisotopic (exact) mass is 413 g/mol. The van der Waals surface area contributed by atoms with E-state index in [2.05, 4.69) is 54.5 Å². The number of pyridine rings is 1. The highest BCUT2D eigenvalue weighted by atomic mass is 16.2. The molecule has 1 N–H and O–H groups in total. The third kappa shape index (κ3) is 4.82. The molecule has 0 spiro atoms. The Labute approximate surface area is 183 Å². The molecule has 4 rings (SSSR count). The fraction of sp³-hybridized carbons (Fsp3) is 0.269. The van der Waals surface area contributed by atoms with Crippen LogP contribution in [0.4, 0.5) is 0 Å². The number of amides is 2. The number of aryl methyl sites for hydroxylation is 2. The molecule has 2 amide bonds. The number of benzene rings is 2. The van der Waals surface area contributed by atoms with Crippen LogP contribution in [0.25, 0.3) is 11.1 Å². The number of carbonyl (C=O) groups excluding carboxylic acids is 2. The van der Waals surface area contributed by atoms with Gasteiger partial charge in [-0.25, -0.2) is 0 Å². The third-order valence-electron chi connectivity index (χ3n) is 5.72. The van der Waals surface area contributed by atoms with Gasteiger partial charge >= 0.3 is 0 Å². The van der Waals surface area contributed by atoms with Gasteiger partial charge in [0.25, 0.3) is 5.91 Å². The van der Waals surface area contributed by atoms with Gasteiger partial charge in [0.2, 0.25) is 5.91 Å². The molecule has 3 aromatic rings. The maximum absolute atomic E-state index is 13.0. The molecule has 1 aromatic heterocycles. The molecule has 1 aliphatic heterocycles. The molecule has 0 unspecified atom stereocenters. The van der Waals surface area contributed by atoms with Crippen molar-refractivity contribution >= 4 is 11.8 Å². The van der Waals surface area contributed by atoms with Crippen LogP contribution < -0.4 is 5.32 Å². The van der Waals surface area contributed by atoms with Gasteiger partial charge in [0, 0.05) is 37.6 Å². The number of aromatic nitrogens is 1. The van der Waals surface area contributed by atoms with E-state index in [-0.39, 0.29) is 17.7 Å². The van der Waals surface area contributed by atoms with E-state index in [0.717, 1.165) is 16.7 Å². The Kier molecular flexibility index (Phi) is 6.12. The first-order chi connectivity index (χ1) is 15.0. The van der Waals surface area contributed by atoms with Crippen molar-refractivity contribution in [2.45, 2.75) is 20.3 Å². The quantitative estimate of drug-likeness (QED) is 0.708. The average molecular weight is 414 g/mol. The number of carbonyl (C=O) groups is 2. The van der Waals surface area contributed by atoms with Crippen LogP contribution in [0.1, 0.15) is 27.0 Å². The van der Waals surface area contributed by atoms with Crippen molar-refractivity contribution in [2.24, 2.45) is 5.92 Å². The van der Waals surface area contributed by atoms with Crippen molar-refractivity contribution in [3.8, 4) is 11.1 Å². The van der Waals surface area contributed by atoms with Crippen molar-refractivity contribution in [1.29, 1.82) is 0 Å².